The average molecular weight is 245 g/mol. The molecule has 98 valence electrons. The third-order valence-corrected chi connectivity index (χ3v) is 2.60. The summed E-state index contributed by atoms with van der Waals surface area (Å²) in [6.07, 6.45) is -0.349. The zero-order valence-electron chi connectivity index (χ0n) is 10.1. The fourth-order valence-electron chi connectivity index (χ4n) is 1.67. The van der Waals surface area contributed by atoms with Gasteiger partial charge in [-0.1, -0.05) is 12.7 Å². The van der Waals surface area contributed by atoms with Gasteiger partial charge in [-0.05, 0) is 6.92 Å². The van der Waals surface area contributed by atoms with Gasteiger partial charge in [0.15, 0.2) is 6.29 Å². The molecule has 0 aromatic heterocycles. The van der Waals surface area contributed by atoms with E-state index in [1.165, 1.54) is 13.2 Å². The molecule has 0 saturated carbocycles. The molecule has 6 nitrogen and oxygen atoms in total. The molecule has 4 unspecified atom stereocenters. The molecule has 6 heteroatoms. The molecule has 0 bridgehead atoms. The summed E-state index contributed by atoms with van der Waals surface area (Å²) in [7, 11) is 1.52. The minimum atomic E-state index is -0.780. The number of rotatable bonds is 4. The molecule has 0 radical (unpaired) electrons. The summed E-state index contributed by atoms with van der Waals surface area (Å²) in [4.78, 5) is 11.3. The molecule has 4 atom stereocenters. The van der Waals surface area contributed by atoms with Crippen molar-refractivity contribution in [2.45, 2.75) is 37.9 Å². The third kappa shape index (κ3) is 3.99. The highest BCUT2D eigenvalue weighted by molar-refractivity contribution is 5.67. The molecule has 0 aromatic carbocycles. The van der Waals surface area contributed by atoms with E-state index in [9.17, 15) is 9.90 Å². The Hall–Kier alpha value is -1.11. The minimum Gasteiger partial charge on any atom is -0.445 e. The first-order chi connectivity index (χ1) is 8.08. The van der Waals surface area contributed by atoms with Crippen molar-refractivity contribution in [3.05, 3.63) is 12.7 Å². The van der Waals surface area contributed by atoms with E-state index in [0.29, 0.717) is 6.42 Å². The van der Waals surface area contributed by atoms with E-state index in [2.05, 4.69) is 11.9 Å². The summed E-state index contributed by atoms with van der Waals surface area (Å²) >= 11 is 0. The second kappa shape index (κ2) is 6.58. The van der Waals surface area contributed by atoms with Crippen molar-refractivity contribution >= 4 is 6.09 Å². The lowest BCUT2D eigenvalue weighted by Gasteiger charge is -2.37. The number of carbonyl (C=O) groups excluding carboxylic acids is 1. The lowest BCUT2D eigenvalue weighted by Crippen LogP contribution is -2.55. The molecule has 1 heterocycles. The van der Waals surface area contributed by atoms with Crippen molar-refractivity contribution in [1.29, 1.82) is 0 Å². The van der Waals surface area contributed by atoms with E-state index in [1.54, 1.807) is 6.92 Å². The molecule has 1 saturated heterocycles. The maximum absolute atomic E-state index is 11.3. The molecular formula is C11H19NO5. The van der Waals surface area contributed by atoms with Crippen LogP contribution in [0.3, 0.4) is 0 Å². The zero-order valence-corrected chi connectivity index (χ0v) is 10.1. The first-order valence-electron chi connectivity index (χ1n) is 5.49. The van der Waals surface area contributed by atoms with Gasteiger partial charge in [-0.25, -0.2) is 4.79 Å². The van der Waals surface area contributed by atoms with E-state index in [-0.39, 0.29) is 6.61 Å². The van der Waals surface area contributed by atoms with Crippen LogP contribution in [0.2, 0.25) is 0 Å². The third-order valence-electron chi connectivity index (χ3n) is 2.60. The van der Waals surface area contributed by atoms with Gasteiger partial charge in [0.25, 0.3) is 0 Å². The lowest BCUT2D eigenvalue weighted by atomic mass is 10.00. The van der Waals surface area contributed by atoms with E-state index < -0.39 is 30.6 Å². The Bertz CT molecular complexity index is 271. The van der Waals surface area contributed by atoms with E-state index >= 15 is 0 Å². The molecule has 1 amide bonds. The maximum Gasteiger partial charge on any atom is 0.407 e. The number of aliphatic hydroxyl groups is 1. The Kier molecular flexibility index (Phi) is 5.40. The van der Waals surface area contributed by atoms with Gasteiger partial charge in [-0.15, -0.1) is 0 Å². The van der Waals surface area contributed by atoms with Crippen LogP contribution in [0, 0.1) is 0 Å². The molecule has 2 N–H and O–H groups in total. The number of methoxy groups -OCH3 is 1. The van der Waals surface area contributed by atoms with Crippen LogP contribution in [-0.4, -0.2) is 49.5 Å². The van der Waals surface area contributed by atoms with E-state index in [1.807, 2.05) is 0 Å². The number of nitrogens with one attached hydrogen (secondary N) is 1. The first-order valence-corrected chi connectivity index (χ1v) is 5.49. The van der Waals surface area contributed by atoms with Crippen LogP contribution >= 0.6 is 0 Å². The Morgan fingerprint density at radius 2 is 2.41 bits per heavy atom. The fourth-order valence-corrected chi connectivity index (χ4v) is 1.67. The second-order valence-corrected chi connectivity index (χ2v) is 3.87. The SMILES string of the molecule is C=CCOC(=O)NC1CC(OC)OC(C)C1O. The van der Waals surface area contributed by atoms with Gasteiger partial charge in [-0.2, -0.15) is 0 Å². The smallest absolute Gasteiger partial charge is 0.407 e. The van der Waals surface area contributed by atoms with Gasteiger partial charge < -0.3 is 24.6 Å². The van der Waals surface area contributed by atoms with Crippen molar-refractivity contribution in [3.63, 3.8) is 0 Å². The maximum atomic E-state index is 11.3. The fraction of sp³-hybridized carbons (Fsp3) is 0.727. The van der Waals surface area contributed by atoms with Gasteiger partial charge in [-0.3, -0.25) is 0 Å². The van der Waals surface area contributed by atoms with Crippen molar-refractivity contribution < 1.29 is 24.1 Å². The number of hydrogen-bond acceptors (Lipinski definition) is 5. The summed E-state index contributed by atoms with van der Waals surface area (Å²) < 4.78 is 15.2. The summed E-state index contributed by atoms with van der Waals surface area (Å²) in [6, 6.07) is -0.444. The molecule has 0 aliphatic carbocycles. The summed E-state index contributed by atoms with van der Waals surface area (Å²) in [6.45, 7) is 5.29. The van der Waals surface area contributed by atoms with Gasteiger partial charge in [0, 0.05) is 13.5 Å². The topological polar surface area (TPSA) is 77.0 Å². The predicted molar refractivity (Wildman–Crippen MR) is 60.4 cm³/mol. The Labute approximate surface area is 101 Å². The predicted octanol–water partition coefficient (Wildman–Crippen LogP) is 0.409. The molecule has 1 aliphatic heterocycles. The second-order valence-electron chi connectivity index (χ2n) is 3.87. The highest BCUT2D eigenvalue weighted by atomic mass is 16.7. The quantitative estimate of drug-likeness (QED) is 0.701. The summed E-state index contributed by atoms with van der Waals surface area (Å²) in [5, 5.41) is 12.4. The van der Waals surface area contributed by atoms with Crippen LogP contribution in [0.15, 0.2) is 12.7 Å². The van der Waals surface area contributed by atoms with Crippen LogP contribution in [0.5, 0.6) is 0 Å². The largest absolute Gasteiger partial charge is 0.445 e. The van der Waals surface area contributed by atoms with Crippen molar-refractivity contribution in [2.75, 3.05) is 13.7 Å². The molecular weight excluding hydrogens is 226 g/mol. The van der Waals surface area contributed by atoms with E-state index in [0.717, 1.165) is 0 Å². The highest BCUT2D eigenvalue weighted by Gasteiger charge is 2.36. The normalized spacial score (nSPS) is 32.9. The molecule has 17 heavy (non-hydrogen) atoms. The van der Waals surface area contributed by atoms with Crippen LogP contribution in [0.4, 0.5) is 4.79 Å². The number of ether oxygens (including phenoxy) is 3. The van der Waals surface area contributed by atoms with Gasteiger partial charge in [0.05, 0.1) is 12.1 Å². The molecule has 1 fully saturated rings. The van der Waals surface area contributed by atoms with Crippen LogP contribution in [-0.2, 0) is 14.2 Å². The average Bonchev–Trinajstić information content (AvgIpc) is 2.32. The van der Waals surface area contributed by atoms with Crippen molar-refractivity contribution in [2.24, 2.45) is 0 Å². The number of carbonyl (C=O) groups is 1. The minimum absolute atomic E-state index is 0.133. The summed E-state index contributed by atoms with van der Waals surface area (Å²) in [5.74, 6) is 0. The van der Waals surface area contributed by atoms with E-state index in [4.69, 9.17) is 14.2 Å². The zero-order chi connectivity index (χ0) is 12.8. The van der Waals surface area contributed by atoms with Gasteiger partial charge >= 0.3 is 6.09 Å². The lowest BCUT2D eigenvalue weighted by molar-refractivity contribution is -0.214. The van der Waals surface area contributed by atoms with Gasteiger partial charge in [0.2, 0.25) is 0 Å². The highest BCUT2D eigenvalue weighted by Crippen LogP contribution is 2.20. The standard InChI is InChI=1S/C11H19NO5/c1-4-5-16-11(14)12-8-6-9(15-3)17-7(2)10(8)13/h4,7-10,13H,1,5-6H2,2-3H3,(H,12,14). The van der Waals surface area contributed by atoms with Gasteiger partial charge in [0.1, 0.15) is 12.7 Å². The Morgan fingerprint density at radius 1 is 1.71 bits per heavy atom. The Balaban J connectivity index is 2.49. The van der Waals surface area contributed by atoms with Crippen LogP contribution in [0.1, 0.15) is 13.3 Å². The van der Waals surface area contributed by atoms with Crippen molar-refractivity contribution in [3.8, 4) is 0 Å². The number of hydrogen-bond donors (Lipinski definition) is 2. The molecule has 1 aliphatic rings. The first kappa shape index (κ1) is 14.0. The Morgan fingerprint density at radius 3 is 3.00 bits per heavy atom. The molecule has 0 aromatic rings. The monoisotopic (exact) mass is 245 g/mol. The summed E-state index contributed by atoms with van der Waals surface area (Å²) in [5.41, 5.74) is 0. The number of amides is 1. The molecule has 0 spiro atoms. The van der Waals surface area contributed by atoms with Crippen LogP contribution < -0.4 is 5.32 Å². The number of alkyl carbamates (subject to hydrolysis) is 1. The van der Waals surface area contributed by atoms with Crippen molar-refractivity contribution in [1.82, 2.24) is 5.32 Å². The molecule has 1 rings (SSSR count). The van der Waals surface area contributed by atoms with Crippen LogP contribution in [0.25, 0.3) is 0 Å². The number of aliphatic hydroxyl groups excluding tert-OH is 1.